The molecule has 2 aliphatic heterocycles. The van der Waals surface area contributed by atoms with Gasteiger partial charge in [0.05, 0.1) is 23.0 Å². The summed E-state index contributed by atoms with van der Waals surface area (Å²) in [6, 6.07) is 45.3. The topological polar surface area (TPSA) is 41.6 Å². The fourth-order valence-electron chi connectivity index (χ4n) is 5.96. The van der Waals surface area contributed by atoms with Gasteiger partial charge in [0.2, 0.25) is 5.72 Å². The molecular formula is C36H27ClN2O2. The molecule has 0 fully saturated rings. The van der Waals surface area contributed by atoms with E-state index in [0.717, 1.165) is 33.6 Å². The number of rotatable bonds is 4. The van der Waals surface area contributed by atoms with Gasteiger partial charge >= 0.3 is 0 Å². The van der Waals surface area contributed by atoms with Gasteiger partial charge < -0.3 is 10.1 Å². The number of hydrogen-bond acceptors (Lipinski definition) is 3. The highest BCUT2D eigenvalue weighted by molar-refractivity contribution is 6.33. The average Bonchev–Trinajstić information content (AvgIpc) is 3.18. The summed E-state index contributed by atoms with van der Waals surface area (Å²) >= 11 is 6.48. The number of amides is 1. The highest BCUT2D eigenvalue weighted by Gasteiger charge is 2.54. The molecule has 0 saturated heterocycles. The number of carbonyl (C=O) groups is 1. The molecule has 2 atom stereocenters. The van der Waals surface area contributed by atoms with Crippen LogP contribution < -0.4 is 10.2 Å². The Morgan fingerprint density at radius 2 is 1.37 bits per heavy atom. The molecule has 1 amide bonds. The van der Waals surface area contributed by atoms with E-state index in [1.54, 1.807) is 0 Å². The van der Waals surface area contributed by atoms with Gasteiger partial charge in [-0.1, -0.05) is 127 Å². The Hall–Kier alpha value is -4.80. The summed E-state index contributed by atoms with van der Waals surface area (Å²) in [4.78, 5) is 16.9. The first-order valence-electron chi connectivity index (χ1n) is 13.7. The van der Waals surface area contributed by atoms with E-state index in [1.165, 1.54) is 0 Å². The fraction of sp³-hybridized carbons (Fsp3) is 0.0833. The van der Waals surface area contributed by atoms with E-state index in [1.807, 2.05) is 138 Å². The Morgan fingerprint density at radius 3 is 2.07 bits per heavy atom. The van der Waals surface area contributed by atoms with Crippen LogP contribution in [0.5, 0.6) is 0 Å². The smallest absolute Gasteiger partial charge is 0.266 e. The van der Waals surface area contributed by atoms with E-state index in [-0.39, 0.29) is 11.9 Å². The van der Waals surface area contributed by atoms with Crippen LogP contribution >= 0.6 is 11.6 Å². The highest BCUT2D eigenvalue weighted by Crippen LogP contribution is 2.54. The van der Waals surface area contributed by atoms with Gasteiger partial charge in [-0.2, -0.15) is 0 Å². The molecule has 2 heterocycles. The van der Waals surface area contributed by atoms with Crippen LogP contribution in [-0.4, -0.2) is 5.91 Å². The summed E-state index contributed by atoms with van der Waals surface area (Å²) in [7, 11) is 0. The summed E-state index contributed by atoms with van der Waals surface area (Å²) in [5.41, 5.74) is 4.53. The maximum absolute atomic E-state index is 15.1. The summed E-state index contributed by atoms with van der Waals surface area (Å²) in [5.74, 6) is 0.442. The molecule has 200 valence electrons. The Kier molecular flexibility index (Phi) is 6.33. The molecule has 0 saturated carbocycles. The summed E-state index contributed by atoms with van der Waals surface area (Å²) < 4.78 is 7.32. The molecule has 0 radical (unpaired) electrons. The number of carbonyl (C=O) groups excluding carboxylic acids is 1. The minimum Gasteiger partial charge on any atom is -0.462 e. The lowest BCUT2D eigenvalue weighted by atomic mass is 9.87. The first-order valence-corrected chi connectivity index (χ1v) is 14.1. The summed E-state index contributed by atoms with van der Waals surface area (Å²) in [6.45, 7) is 0. The number of benzene rings is 5. The van der Waals surface area contributed by atoms with Crippen LogP contribution in [0.25, 0.3) is 11.3 Å². The van der Waals surface area contributed by atoms with Crippen LogP contribution in [0.15, 0.2) is 140 Å². The molecule has 2 aliphatic rings. The number of fused-ring (bicyclic) bond motifs is 3. The Balaban J connectivity index is 1.55. The zero-order valence-corrected chi connectivity index (χ0v) is 23.0. The van der Waals surface area contributed by atoms with Crippen LogP contribution in [-0.2, 0) is 15.3 Å². The molecule has 5 aromatic carbocycles. The van der Waals surface area contributed by atoms with Gasteiger partial charge in [-0.05, 0) is 35.4 Å². The minimum atomic E-state index is -1.16. The third-order valence-corrected chi connectivity index (χ3v) is 8.04. The highest BCUT2D eigenvalue weighted by atomic mass is 35.5. The molecule has 41 heavy (non-hydrogen) atoms. The van der Waals surface area contributed by atoms with Crippen LogP contribution in [0.2, 0.25) is 5.02 Å². The number of hydrogen-bond donors (Lipinski definition) is 1. The van der Waals surface area contributed by atoms with Gasteiger partial charge in [-0.15, -0.1) is 0 Å². The van der Waals surface area contributed by atoms with Gasteiger partial charge in [0.25, 0.3) is 5.91 Å². The molecule has 5 aromatic rings. The van der Waals surface area contributed by atoms with Crippen molar-refractivity contribution in [3.05, 3.63) is 167 Å². The van der Waals surface area contributed by atoms with Crippen molar-refractivity contribution in [3.63, 3.8) is 0 Å². The molecule has 0 bridgehead atoms. The summed E-state index contributed by atoms with van der Waals surface area (Å²) in [5, 5.41) is 4.39. The second kappa shape index (κ2) is 10.3. The van der Waals surface area contributed by atoms with Crippen LogP contribution in [0.4, 0.5) is 11.4 Å². The zero-order chi connectivity index (χ0) is 27.8. The molecule has 0 aliphatic carbocycles. The van der Waals surface area contributed by atoms with E-state index in [9.17, 15) is 0 Å². The Morgan fingerprint density at radius 1 is 0.732 bits per heavy atom. The maximum atomic E-state index is 15.1. The second-order valence-corrected chi connectivity index (χ2v) is 10.7. The molecule has 0 spiro atoms. The summed E-state index contributed by atoms with van der Waals surface area (Å²) in [6.07, 6.45) is 0.441. The van der Waals surface area contributed by atoms with Crippen molar-refractivity contribution in [2.45, 2.75) is 18.2 Å². The Labute approximate surface area is 244 Å². The molecule has 4 nitrogen and oxygen atoms in total. The van der Waals surface area contributed by atoms with E-state index < -0.39 is 5.72 Å². The normalized spacial score (nSPS) is 19.9. The molecule has 0 aromatic heterocycles. The van der Waals surface area contributed by atoms with Crippen molar-refractivity contribution in [3.8, 4) is 0 Å². The number of anilines is 2. The lowest BCUT2D eigenvalue weighted by Gasteiger charge is -2.48. The predicted molar refractivity (Wildman–Crippen MR) is 165 cm³/mol. The van der Waals surface area contributed by atoms with Crippen LogP contribution in [0.3, 0.4) is 0 Å². The Bertz CT molecular complexity index is 1750. The van der Waals surface area contributed by atoms with E-state index in [4.69, 9.17) is 16.3 Å². The third-order valence-electron chi connectivity index (χ3n) is 7.81. The molecular weight excluding hydrogens is 528 g/mol. The number of para-hydroxylation sites is 2. The van der Waals surface area contributed by atoms with Crippen LogP contribution in [0, 0.1) is 0 Å². The lowest BCUT2D eigenvalue weighted by Crippen LogP contribution is -2.55. The van der Waals surface area contributed by atoms with E-state index >= 15 is 4.79 Å². The van der Waals surface area contributed by atoms with E-state index in [2.05, 4.69) is 11.4 Å². The van der Waals surface area contributed by atoms with Crippen LogP contribution in [0.1, 0.15) is 34.7 Å². The number of nitrogens with zero attached hydrogens (tertiary/aromatic N) is 1. The van der Waals surface area contributed by atoms with Gasteiger partial charge in [0, 0.05) is 22.6 Å². The van der Waals surface area contributed by atoms with Gasteiger partial charge in [-0.3, -0.25) is 9.69 Å². The van der Waals surface area contributed by atoms with Crippen molar-refractivity contribution in [1.29, 1.82) is 0 Å². The minimum absolute atomic E-state index is 0.119. The molecule has 1 N–H and O–H groups in total. The fourth-order valence-corrected chi connectivity index (χ4v) is 6.16. The SMILES string of the molecule is O=C1C(c2ccccc2)=C(c2ccccc2)OC2(c3ccccc3)CC(c3cccc(Cl)c3)Nc3ccccc3N12. The maximum Gasteiger partial charge on any atom is 0.266 e. The number of halogens is 1. The van der Waals surface area contributed by atoms with Crippen molar-refractivity contribution in [2.24, 2.45) is 0 Å². The molecule has 7 rings (SSSR count). The van der Waals surface area contributed by atoms with E-state index in [0.29, 0.717) is 22.8 Å². The largest absolute Gasteiger partial charge is 0.462 e. The average molecular weight is 555 g/mol. The second-order valence-electron chi connectivity index (χ2n) is 10.3. The lowest BCUT2D eigenvalue weighted by molar-refractivity contribution is -0.120. The van der Waals surface area contributed by atoms with Crippen molar-refractivity contribution in [1.82, 2.24) is 0 Å². The quantitative estimate of drug-likeness (QED) is 0.241. The van der Waals surface area contributed by atoms with Crippen molar-refractivity contribution in [2.75, 3.05) is 10.2 Å². The predicted octanol–water partition coefficient (Wildman–Crippen LogP) is 8.68. The first-order chi connectivity index (χ1) is 20.1. The van der Waals surface area contributed by atoms with Gasteiger partial charge in [0.1, 0.15) is 5.76 Å². The zero-order valence-electron chi connectivity index (χ0n) is 22.2. The number of ether oxygens (including phenoxy) is 1. The molecule has 5 heteroatoms. The van der Waals surface area contributed by atoms with Crippen molar-refractivity contribution >= 4 is 40.2 Å². The number of nitrogens with one attached hydrogen (secondary N) is 1. The monoisotopic (exact) mass is 554 g/mol. The van der Waals surface area contributed by atoms with Crippen molar-refractivity contribution < 1.29 is 9.53 Å². The third kappa shape index (κ3) is 4.37. The molecule has 2 unspecified atom stereocenters. The first kappa shape index (κ1) is 25.2. The standard InChI is InChI=1S/C36H27ClN2O2/c37-29-20-12-17-27(23-29)31-24-36(28-18-8-3-9-19-28)39(32-22-11-10-21-30(32)38-31)35(40)33(25-13-4-1-5-14-25)34(41-36)26-15-6-2-7-16-26/h1-23,31,38H,24H2. The van der Waals surface area contributed by atoms with Gasteiger partial charge in [-0.25, -0.2) is 0 Å². The van der Waals surface area contributed by atoms with Gasteiger partial charge in [0.15, 0.2) is 0 Å².